The van der Waals surface area contributed by atoms with Crippen LogP contribution in [0.25, 0.3) is 0 Å². The standard InChI is InChI=1S/C14H21N5S/c1-18(7-4-5-13-15-6-8-19(13)2)11-12-9-16-14(20-3)17-10-12/h6,8-10H,4-5,7,11H2,1-3H3. The first-order chi connectivity index (χ1) is 9.69. The molecule has 0 fully saturated rings. The van der Waals surface area contributed by atoms with Crippen LogP contribution in [0.5, 0.6) is 0 Å². The van der Waals surface area contributed by atoms with E-state index in [2.05, 4.69) is 31.5 Å². The number of aromatic nitrogens is 4. The van der Waals surface area contributed by atoms with Crippen molar-refractivity contribution >= 4 is 11.8 Å². The first-order valence-corrected chi connectivity index (χ1v) is 7.91. The highest BCUT2D eigenvalue weighted by molar-refractivity contribution is 7.98. The number of rotatable bonds is 7. The van der Waals surface area contributed by atoms with Gasteiger partial charge >= 0.3 is 0 Å². The molecule has 2 heterocycles. The topological polar surface area (TPSA) is 46.8 Å². The van der Waals surface area contributed by atoms with Crippen LogP contribution in [0.15, 0.2) is 29.9 Å². The fourth-order valence-corrected chi connectivity index (χ4v) is 2.38. The van der Waals surface area contributed by atoms with Crippen molar-refractivity contribution in [2.75, 3.05) is 19.8 Å². The molecule has 0 atom stereocenters. The second-order valence-electron chi connectivity index (χ2n) is 4.87. The van der Waals surface area contributed by atoms with Crippen LogP contribution in [0.3, 0.4) is 0 Å². The van der Waals surface area contributed by atoms with Crippen molar-refractivity contribution in [3.63, 3.8) is 0 Å². The fourth-order valence-electron chi connectivity index (χ4n) is 2.07. The minimum atomic E-state index is 0.825. The van der Waals surface area contributed by atoms with Gasteiger partial charge in [-0.1, -0.05) is 11.8 Å². The second-order valence-corrected chi connectivity index (χ2v) is 5.65. The number of nitrogens with zero attached hydrogens (tertiary/aromatic N) is 5. The van der Waals surface area contributed by atoms with Gasteiger partial charge in [-0.05, 0) is 26.3 Å². The van der Waals surface area contributed by atoms with Gasteiger partial charge in [0.05, 0.1) is 0 Å². The zero-order chi connectivity index (χ0) is 14.4. The largest absolute Gasteiger partial charge is 0.338 e. The summed E-state index contributed by atoms with van der Waals surface area (Å²) >= 11 is 1.56. The Morgan fingerprint density at radius 3 is 2.60 bits per heavy atom. The van der Waals surface area contributed by atoms with Crippen LogP contribution >= 0.6 is 11.8 Å². The summed E-state index contributed by atoms with van der Waals surface area (Å²) in [6, 6.07) is 0. The molecule has 0 aromatic carbocycles. The lowest BCUT2D eigenvalue weighted by Crippen LogP contribution is -2.20. The lowest BCUT2D eigenvalue weighted by molar-refractivity contribution is 0.320. The van der Waals surface area contributed by atoms with E-state index >= 15 is 0 Å². The average molecular weight is 291 g/mol. The van der Waals surface area contributed by atoms with Gasteiger partial charge in [-0.2, -0.15) is 0 Å². The predicted octanol–water partition coefficient (Wildman–Crippen LogP) is 2.00. The third-order valence-corrected chi connectivity index (χ3v) is 3.75. The molecule has 0 spiro atoms. The zero-order valence-electron chi connectivity index (χ0n) is 12.3. The van der Waals surface area contributed by atoms with Gasteiger partial charge in [0.1, 0.15) is 5.82 Å². The normalized spacial score (nSPS) is 11.2. The van der Waals surface area contributed by atoms with E-state index in [1.807, 2.05) is 38.1 Å². The molecule has 0 bridgehead atoms. The van der Waals surface area contributed by atoms with Crippen LogP contribution in [-0.2, 0) is 20.0 Å². The van der Waals surface area contributed by atoms with E-state index in [4.69, 9.17) is 0 Å². The SMILES string of the molecule is CSc1ncc(CN(C)CCCc2nccn2C)cn1. The first kappa shape index (κ1) is 15.0. The van der Waals surface area contributed by atoms with Crippen molar-refractivity contribution in [3.8, 4) is 0 Å². The van der Waals surface area contributed by atoms with Crippen molar-refractivity contribution in [1.29, 1.82) is 0 Å². The van der Waals surface area contributed by atoms with E-state index < -0.39 is 0 Å². The molecule has 2 aromatic rings. The molecule has 0 radical (unpaired) electrons. The van der Waals surface area contributed by atoms with E-state index in [1.54, 1.807) is 11.8 Å². The zero-order valence-corrected chi connectivity index (χ0v) is 13.1. The van der Waals surface area contributed by atoms with Crippen molar-refractivity contribution in [3.05, 3.63) is 36.2 Å². The highest BCUT2D eigenvalue weighted by atomic mass is 32.2. The summed E-state index contributed by atoms with van der Waals surface area (Å²) in [7, 11) is 4.16. The molecule has 0 saturated carbocycles. The average Bonchev–Trinajstić information content (AvgIpc) is 2.85. The molecule has 2 aromatic heterocycles. The van der Waals surface area contributed by atoms with E-state index in [-0.39, 0.29) is 0 Å². The van der Waals surface area contributed by atoms with Gasteiger partial charge < -0.3 is 9.47 Å². The third kappa shape index (κ3) is 4.31. The fraction of sp³-hybridized carbons (Fsp3) is 0.500. The molecule has 108 valence electrons. The molecule has 0 aliphatic rings. The van der Waals surface area contributed by atoms with Crippen LogP contribution in [-0.4, -0.2) is 44.3 Å². The van der Waals surface area contributed by atoms with E-state index in [0.717, 1.165) is 42.5 Å². The number of thioether (sulfide) groups is 1. The van der Waals surface area contributed by atoms with Gasteiger partial charge in [0.15, 0.2) is 5.16 Å². The van der Waals surface area contributed by atoms with E-state index in [9.17, 15) is 0 Å². The number of imidazole rings is 1. The Labute approximate surface area is 124 Å². The molecule has 0 unspecified atom stereocenters. The smallest absolute Gasteiger partial charge is 0.187 e. The van der Waals surface area contributed by atoms with Gasteiger partial charge in [0.25, 0.3) is 0 Å². The molecule has 0 saturated heterocycles. The summed E-state index contributed by atoms with van der Waals surface area (Å²) in [5, 5.41) is 0.825. The summed E-state index contributed by atoms with van der Waals surface area (Å²) in [4.78, 5) is 15.2. The lowest BCUT2D eigenvalue weighted by Gasteiger charge is -2.16. The minimum Gasteiger partial charge on any atom is -0.338 e. The van der Waals surface area contributed by atoms with Crippen LogP contribution in [0.1, 0.15) is 17.8 Å². The maximum absolute atomic E-state index is 4.34. The van der Waals surface area contributed by atoms with Crippen molar-refractivity contribution < 1.29 is 0 Å². The first-order valence-electron chi connectivity index (χ1n) is 6.68. The van der Waals surface area contributed by atoms with Gasteiger partial charge in [0, 0.05) is 50.4 Å². The number of aryl methyl sites for hydroxylation is 2. The summed E-state index contributed by atoms with van der Waals surface area (Å²) in [6.45, 7) is 1.92. The van der Waals surface area contributed by atoms with Gasteiger partial charge in [0.2, 0.25) is 0 Å². The summed E-state index contributed by atoms with van der Waals surface area (Å²) in [5.74, 6) is 1.14. The Morgan fingerprint density at radius 2 is 2.00 bits per heavy atom. The second kappa shape index (κ2) is 7.40. The molecular weight excluding hydrogens is 270 g/mol. The molecule has 2 rings (SSSR count). The van der Waals surface area contributed by atoms with E-state index in [0.29, 0.717) is 0 Å². The highest BCUT2D eigenvalue weighted by Crippen LogP contribution is 2.08. The maximum atomic E-state index is 4.34. The number of hydrogen-bond donors (Lipinski definition) is 0. The Hall–Kier alpha value is -1.40. The van der Waals surface area contributed by atoms with Crippen LogP contribution < -0.4 is 0 Å². The van der Waals surface area contributed by atoms with Gasteiger partial charge in [-0.25, -0.2) is 15.0 Å². The maximum Gasteiger partial charge on any atom is 0.187 e. The molecule has 0 aliphatic heterocycles. The molecule has 0 aliphatic carbocycles. The Kier molecular flexibility index (Phi) is 5.55. The predicted molar refractivity (Wildman–Crippen MR) is 81.7 cm³/mol. The molecule has 0 amide bonds. The molecule has 6 heteroatoms. The van der Waals surface area contributed by atoms with E-state index in [1.165, 1.54) is 0 Å². The van der Waals surface area contributed by atoms with Gasteiger partial charge in [-0.15, -0.1) is 0 Å². The summed E-state index contributed by atoms with van der Waals surface area (Å²) < 4.78 is 2.08. The Balaban J connectivity index is 1.74. The van der Waals surface area contributed by atoms with Crippen molar-refractivity contribution in [2.24, 2.45) is 7.05 Å². The Bertz CT molecular complexity index is 523. The Morgan fingerprint density at radius 1 is 1.25 bits per heavy atom. The summed E-state index contributed by atoms with van der Waals surface area (Å²) in [5.41, 5.74) is 1.15. The van der Waals surface area contributed by atoms with Crippen molar-refractivity contribution in [1.82, 2.24) is 24.4 Å². The lowest BCUT2D eigenvalue weighted by atomic mass is 10.2. The monoisotopic (exact) mass is 291 g/mol. The minimum absolute atomic E-state index is 0.825. The number of hydrogen-bond acceptors (Lipinski definition) is 5. The van der Waals surface area contributed by atoms with Gasteiger partial charge in [-0.3, -0.25) is 0 Å². The molecule has 5 nitrogen and oxygen atoms in total. The molecular formula is C14H21N5S. The van der Waals surface area contributed by atoms with Crippen molar-refractivity contribution in [2.45, 2.75) is 24.5 Å². The quantitative estimate of drug-likeness (QED) is 0.577. The highest BCUT2D eigenvalue weighted by Gasteiger charge is 2.04. The third-order valence-electron chi connectivity index (χ3n) is 3.18. The van der Waals surface area contributed by atoms with Crippen LogP contribution in [0, 0.1) is 0 Å². The van der Waals surface area contributed by atoms with Crippen LogP contribution in [0.2, 0.25) is 0 Å². The molecule has 0 N–H and O–H groups in total. The molecule has 20 heavy (non-hydrogen) atoms. The van der Waals surface area contributed by atoms with Crippen LogP contribution in [0.4, 0.5) is 0 Å². The summed E-state index contributed by atoms with van der Waals surface area (Å²) in [6.07, 6.45) is 11.8.